The van der Waals surface area contributed by atoms with Crippen molar-refractivity contribution in [3.8, 4) is 0 Å². The average Bonchev–Trinajstić information content (AvgIpc) is 2.37. The minimum atomic E-state index is 0.296. The van der Waals surface area contributed by atoms with Crippen LogP contribution in [0.2, 0.25) is 0 Å². The lowest BCUT2D eigenvalue weighted by molar-refractivity contribution is -0.0373. The molecule has 0 radical (unpaired) electrons. The second-order valence-corrected chi connectivity index (χ2v) is 6.13. The predicted molar refractivity (Wildman–Crippen MR) is 81.2 cm³/mol. The highest BCUT2D eigenvalue weighted by Crippen LogP contribution is 2.27. The van der Waals surface area contributed by atoms with Gasteiger partial charge in [0.25, 0.3) is 0 Å². The van der Waals surface area contributed by atoms with Crippen LogP contribution >= 0.6 is 34.2 Å². The van der Waals surface area contributed by atoms with E-state index in [-0.39, 0.29) is 0 Å². The van der Waals surface area contributed by atoms with E-state index >= 15 is 0 Å². The monoisotopic (exact) mass is 364 g/mol. The summed E-state index contributed by atoms with van der Waals surface area (Å²) < 4.78 is 7.08. The van der Waals surface area contributed by atoms with Gasteiger partial charge in [-0.1, -0.05) is 52.9 Å². The summed E-state index contributed by atoms with van der Waals surface area (Å²) in [6.07, 6.45) is 4.87. The van der Waals surface area contributed by atoms with Gasteiger partial charge in [0.1, 0.15) is 0 Å². The van der Waals surface area contributed by atoms with Crippen molar-refractivity contribution >= 4 is 34.2 Å². The van der Waals surface area contributed by atoms with Crippen molar-refractivity contribution in [2.24, 2.45) is 0 Å². The lowest BCUT2D eigenvalue weighted by Crippen LogP contribution is -2.34. The van der Waals surface area contributed by atoms with E-state index in [0.29, 0.717) is 17.6 Å². The Labute approximate surface area is 122 Å². The molecule has 1 aromatic carbocycles. The van der Waals surface area contributed by atoms with Gasteiger partial charge in [0.15, 0.2) is 0 Å². The number of aryl methyl sites for hydroxylation is 1. The molecule has 1 aliphatic heterocycles. The van der Waals surface area contributed by atoms with Crippen molar-refractivity contribution in [2.75, 3.05) is 4.43 Å². The zero-order chi connectivity index (χ0) is 12.1. The molecule has 1 aliphatic rings. The second-order valence-electron chi connectivity index (χ2n) is 4.63. The normalized spacial score (nSPS) is 29.2. The van der Waals surface area contributed by atoms with Crippen molar-refractivity contribution in [1.82, 2.24) is 0 Å². The molecule has 1 saturated heterocycles. The van der Waals surface area contributed by atoms with Crippen LogP contribution in [0.15, 0.2) is 30.3 Å². The summed E-state index contributed by atoms with van der Waals surface area (Å²) in [6, 6.07) is 10.6. The summed E-state index contributed by atoms with van der Waals surface area (Å²) in [5, 5.41) is 0.296. The molecule has 0 amide bonds. The number of alkyl halides is 2. The molecule has 0 spiro atoms. The molecule has 1 heterocycles. The van der Waals surface area contributed by atoms with E-state index in [4.69, 9.17) is 16.3 Å². The smallest absolute Gasteiger partial charge is 0.0682 e. The SMILES string of the molecule is Cl[C@H]1C[C@@H](CCc2ccccc2)O[C@@H](CI)C1. The molecule has 1 fully saturated rings. The quantitative estimate of drug-likeness (QED) is 0.574. The van der Waals surface area contributed by atoms with E-state index in [2.05, 4.69) is 52.9 Å². The molecule has 0 aliphatic carbocycles. The number of halogens is 2. The standard InChI is InChI=1S/C14H18ClIO/c15-12-8-13(17-14(9-12)10-16)7-6-11-4-2-1-3-5-11/h1-5,12-14H,6-10H2/t12-,13+,14+/m0/s1. The van der Waals surface area contributed by atoms with Gasteiger partial charge in [0, 0.05) is 9.80 Å². The Balaban J connectivity index is 1.82. The third kappa shape index (κ3) is 4.42. The third-order valence-electron chi connectivity index (χ3n) is 3.19. The van der Waals surface area contributed by atoms with Crippen molar-refractivity contribution < 1.29 is 4.74 Å². The molecule has 0 saturated carbocycles. The highest BCUT2D eigenvalue weighted by atomic mass is 127. The van der Waals surface area contributed by atoms with Crippen molar-refractivity contribution in [3.63, 3.8) is 0 Å². The maximum absolute atomic E-state index is 6.28. The fourth-order valence-electron chi connectivity index (χ4n) is 2.31. The number of ether oxygens (including phenoxy) is 1. The van der Waals surface area contributed by atoms with Crippen LogP contribution in [0.25, 0.3) is 0 Å². The molecule has 1 aromatic rings. The molecule has 0 unspecified atom stereocenters. The average molecular weight is 365 g/mol. The highest BCUT2D eigenvalue weighted by Gasteiger charge is 2.27. The lowest BCUT2D eigenvalue weighted by Gasteiger charge is -2.32. The van der Waals surface area contributed by atoms with E-state index in [1.165, 1.54) is 5.56 Å². The highest BCUT2D eigenvalue weighted by molar-refractivity contribution is 14.1. The summed E-state index contributed by atoms with van der Waals surface area (Å²) in [5.74, 6) is 0. The molecule has 2 rings (SSSR count). The van der Waals surface area contributed by atoms with Crippen LogP contribution in [0.5, 0.6) is 0 Å². The van der Waals surface area contributed by atoms with E-state index in [1.54, 1.807) is 0 Å². The van der Waals surface area contributed by atoms with Gasteiger partial charge in [-0.05, 0) is 31.2 Å². The van der Waals surface area contributed by atoms with Crippen LogP contribution in [0, 0.1) is 0 Å². The Morgan fingerprint density at radius 3 is 2.59 bits per heavy atom. The van der Waals surface area contributed by atoms with E-state index < -0.39 is 0 Å². The zero-order valence-corrected chi connectivity index (χ0v) is 12.7. The van der Waals surface area contributed by atoms with E-state index in [0.717, 1.165) is 30.1 Å². The van der Waals surface area contributed by atoms with Crippen LogP contribution in [-0.4, -0.2) is 22.0 Å². The first-order chi connectivity index (χ1) is 8.28. The first kappa shape index (κ1) is 13.6. The maximum atomic E-state index is 6.28. The molecular weight excluding hydrogens is 347 g/mol. The molecule has 0 bridgehead atoms. The van der Waals surface area contributed by atoms with Crippen LogP contribution in [0.4, 0.5) is 0 Å². The van der Waals surface area contributed by atoms with Crippen LogP contribution in [0.1, 0.15) is 24.8 Å². The van der Waals surface area contributed by atoms with E-state index in [1.807, 2.05) is 0 Å². The van der Waals surface area contributed by atoms with Gasteiger partial charge in [-0.15, -0.1) is 11.6 Å². The zero-order valence-electron chi connectivity index (χ0n) is 9.82. The summed E-state index contributed by atoms with van der Waals surface area (Å²) in [4.78, 5) is 0. The summed E-state index contributed by atoms with van der Waals surface area (Å²) in [5.41, 5.74) is 1.39. The largest absolute Gasteiger partial charge is 0.374 e. The number of benzene rings is 1. The Bertz CT molecular complexity index is 330. The number of hydrogen-bond acceptors (Lipinski definition) is 1. The fraction of sp³-hybridized carbons (Fsp3) is 0.571. The summed E-state index contributed by atoms with van der Waals surface area (Å²) in [7, 11) is 0. The Kier molecular flexibility index (Phi) is 5.57. The summed E-state index contributed by atoms with van der Waals surface area (Å²) >= 11 is 8.67. The molecule has 3 atom stereocenters. The molecule has 3 heteroatoms. The van der Waals surface area contributed by atoms with Crippen LogP contribution in [0.3, 0.4) is 0 Å². The van der Waals surface area contributed by atoms with Gasteiger partial charge in [-0.2, -0.15) is 0 Å². The van der Waals surface area contributed by atoms with Gasteiger partial charge < -0.3 is 4.74 Å². The third-order valence-corrected chi connectivity index (χ3v) is 4.53. The molecule has 0 aromatic heterocycles. The fourth-order valence-corrected chi connectivity index (χ4v) is 3.27. The minimum absolute atomic E-state index is 0.296. The summed E-state index contributed by atoms with van der Waals surface area (Å²) in [6.45, 7) is 0. The minimum Gasteiger partial charge on any atom is -0.374 e. The Morgan fingerprint density at radius 2 is 1.88 bits per heavy atom. The van der Waals surface area contributed by atoms with Gasteiger partial charge in [0.2, 0.25) is 0 Å². The van der Waals surface area contributed by atoms with Gasteiger partial charge in [-0.3, -0.25) is 0 Å². The predicted octanol–water partition coefficient (Wildman–Crippen LogP) is 4.21. The first-order valence-electron chi connectivity index (χ1n) is 6.17. The van der Waals surface area contributed by atoms with Gasteiger partial charge in [0.05, 0.1) is 12.2 Å². The van der Waals surface area contributed by atoms with Crippen molar-refractivity contribution in [2.45, 2.75) is 43.3 Å². The van der Waals surface area contributed by atoms with Gasteiger partial charge >= 0.3 is 0 Å². The van der Waals surface area contributed by atoms with Gasteiger partial charge in [-0.25, -0.2) is 0 Å². The Morgan fingerprint density at radius 1 is 1.18 bits per heavy atom. The molecule has 0 N–H and O–H groups in total. The molecule has 94 valence electrons. The maximum Gasteiger partial charge on any atom is 0.0682 e. The second kappa shape index (κ2) is 6.95. The molecule has 1 nitrogen and oxygen atoms in total. The van der Waals surface area contributed by atoms with Crippen LogP contribution < -0.4 is 0 Å². The number of rotatable bonds is 4. The first-order valence-corrected chi connectivity index (χ1v) is 8.13. The lowest BCUT2D eigenvalue weighted by atomic mass is 9.99. The topological polar surface area (TPSA) is 9.23 Å². The van der Waals surface area contributed by atoms with Crippen molar-refractivity contribution in [3.05, 3.63) is 35.9 Å². The molecular formula is C14H18ClIO. The van der Waals surface area contributed by atoms with Crippen LogP contribution in [-0.2, 0) is 11.2 Å². The number of hydrogen-bond donors (Lipinski definition) is 0. The van der Waals surface area contributed by atoms with Crippen molar-refractivity contribution in [1.29, 1.82) is 0 Å². The molecule has 17 heavy (non-hydrogen) atoms. The Hall–Kier alpha value is 0.200. The van der Waals surface area contributed by atoms with E-state index in [9.17, 15) is 0 Å².